The van der Waals surface area contributed by atoms with Crippen LogP contribution in [0.4, 0.5) is 11.7 Å². The Morgan fingerprint density at radius 3 is 2.59 bits per heavy atom. The van der Waals surface area contributed by atoms with Gasteiger partial charge >= 0.3 is 11.8 Å². The molecule has 0 saturated carbocycles. The summed E-state index contributed by atoms with van der Waals surface area (Å²) in [5.74, 6) is -0.862. The third-order valence-electron chi connectivity index (χ3n) is 4.42. The van der Waals surface area contributed by atoms with E-state index in [2.05, 4.69) is 15.6 Å². The van der Waals surface area contributed by atoms with Gasteiger partial charge in [0.05, 0.1) is 13.2 Å². The van der Waals surface area contributed by atoms with Gasteiger partial charge in [0.15, 0.2) is 5.58 Å². The van der Waals surface area contributed by atoms with E-state index in [1.54, 1.807) is 37.1 Å². The lowest BCUT2D eigenvalue weighted by molar-refractivity contribution is -0.136. The van der Waals surface area contributed by atoms with E-state index in [-0.39, 0.29) is 0 Å². The summed E-state index contributed by atoms with van der Waals surface area (Å²) in [7, 11) is 5.21. The normalized spacial score (nSPS) is 11.8. The molecule has 0 aliphatic carbocycles. The quantitative estimate of drug-likeness (QED) is 0.644. The minimum Gasteiger partial charge on any atom is -0.496 e. The Morgan fingerprint density at radius 2 is 1.90 bits per heavy atom. The molecule has 0 unspecified atom stereocenters. The van der Waals surface area contributed by atoms with Crippen molar-refractivity contribution in [2.24, 2.45) is 0 Å². The fourth-order valence-electron chi connectivity index (χ4n) is 2.90. The molecule has 1 aromatic heterocycles. The summed E-state index contributed by atoms with van der Waals surface area (Å²) in [5, 5.41) is 5.29. The average molecular weight is 396 g/mol. The largest absolute Gasteiger partial charge is 0.496 e. The second-order valence-corrected chi connectivity index (χ2v) is 6.97. The van der Waals surface area contributed by atoms with Gasteiger partial charge in [-0.2, -0.15) is 4.98 Å². The van der Waals surface area contributed by atoms with Gasteiger partial charge in [0.2, 0.25) is 0 Å². The van der Waals surface area contributed by atoms with Gasteiger partial charge < -0.3 is 24.7 Å². The molecule has 0 saturated heterocycles. The summed E-state index contributed by atoms with van der Waals surface area (Å²) in [4.78, 5) is 30.8. The Bertz CT molecular complexity index is 1060. The van der Waals surface area contributed by atoms with Crippen molar-refractivity contribution >= 4 is 34.6 Å². The van der Waals surface area contributed by atoms with Gasteiger partial charge in [0.1, 0.15) is 11.3 Å². The summed E-state index contributed by atoms with van der Waals surface area (Å²) in [6, 6.07) is 10.8. The molecule has 2 aromatic carbocycles. The van der Waals surface area contributed by atoms with Gasteiger partial charge in [0.25, 0.3) is 6.01 Å². The number of oxazole rings is 1. The molecule has 8 nitrogen and oxygen atoms in total. The number of hydrogen-bond donors (Lipinski definition) is 2. The number of benzene rings is 2. The molecule has 0 bridgehead atoms. The number of methoxy groups -OCH3 is 1. The first-order chi connectivity index (χ1) is 13.8. The van der Waals surface area contributed by atoms with E-state index in [4.69, 9.17) is 9.15 Å². The van der Waals surface area contributed by atoms with Crippen molar-refractivity contribution in [3.8, 4) is 5.75 Å². The second-order valence-electron chi connectivity index (χ2n) is 6.97. The highest BCUT2D eigenvalue weighted by atomic mass is 16.5. The number of nitrogens with one attached hydrogen (secondary N) is 2. The zero-order valence-electron chi connectivity index (χ0n) is 17.1. The third kappa shape index (κ3) is 4.48. The highest BCUT2D eigenvalue weighted by Crippen LogP contribution is 2.26. The SMILES string of the molecule is COc1ccc(C)cc1[C@@H](C)NC(=O)C(=O)Nc1ccc2nc(N(C)C)oc2c1. The van der Waals surface area contributed by atoms with Crippen molar-refractivity contribution in [1.29, 1.82) is 0 Å². The van der Waals surface area contributed by atoms with Crippen LogP contribution in [0, 0.1) is 6.92 Å². The minimum absolute atomic E-state index is 0.400. The molecule has 2 N–H and O–H groups in total. The van der Waals surface area contributed by atoms with Crippen LogP contribution in [-0.4, -0.2) is 38.0 Å². The van der Waals surface area contributed by atoms with Crippen molar-refractivity contribution in [2.45, 2.75) is 19.9 Å². The van der Waals surface area contributed by atoms with Crippen LogP contribution in [0.25, 0.3) is 11.1 Å². The first-order valence-corrected chi connectivity index (χ1v) is 9.12. The molecule has 3 rings (SSSR count). The van der Waals surface area contributed by atoms with Crippen LogP contribution >= 0.6 is 0 Å². The van der Waals surface area contributed by atoms with E-state index in [0.29, 0.717) is 28.6 Å². The molecule has 0 aliphatic rings. The van der Waals surface area contributed by atoms with Crippen molar-refractivity contribution in [2.75, 3.05) is 31.4 Å². The number of carbonyl (C=O) groups excluding carboxylic acids is 2. The van der Waals surface area contributed by atoms with Crippen LogP contribution in [0.15, 0.2) is 40.8 Å². The summed E-state index contributed by atoms with van der Waals surface area (Å²) >= 11 is 0. The minimum atomic E-state index is -0.768. The van der Waals surface area contributed by atoms with E-state index in [0.717, 1.165) is 11.1 Å². The Kier molecular flexibility index (Phi) is 5.72. The first kappa shape index (κ1) is 20.2. The predicted octanol–water partition coefficient (Wildman–Crippen LogP) is 3.03. The number of nitrogens with zero attached hydrogens (tertiary/aromatic N) is 2. The summed E-state index contributed by atoms with van der Waals surface area (Å²) in [6.45, 7) is 3.75. The second kappa shape index (κ2) is 8.22. The Hall–Kier alpha value is -3.55. The average Bonchev–Trinajstić information content (AvgIpc) is 3.11. The number of aryl methyl sites for hydroxylation is 1. The van der Waals surface area contributed by atoms with Crippen LogP contribution in [0.5, 0.6) is 5.75 Å². The van der Waals surface area contributed by atoms with Gasteiger partial charge in [-0.15, -0.1) is 0 Å². The van der Waals surface area contributed by atoms with Gasteiger partial charge in [0, 0.05) is 31.4 Å². The smallest absolute Gasteiger partial charge is 0.313 e. The van der Waals surface area contributed by atoms with Crippen LogP contribution in [0.2, 0.25) is 0 Å². The number of ether oxygens (including phenoxy) is 1. The molecular weight excluding hydrogens is 372 g/mol. The maximum Gasteiger partial charge on any atom is 0.313 e. The zero-order valence-corrected chi connectivity index (χ0v) is 17.1. The monoisotopic (exact) mass is 396 g/mol. The van der Waals surface area contributed by atoms with Crippen LogP contribution < -0.4 is 20.3 Å². The number of fused-ring (bicyclic) bond motifs is 1. The van der Waals surface area contributed by atoms with Crippen molar-refractivity contribution in [3.63, 3.8) is 0 Å². The number of anilines is 2. The third-order valence-corrected chi connectivity index (χ3v) is 4.42. The molecule has 0 radical (unpaired) electrons. The van der Waals surface area contributed by atoms with Gasteiger partial charge in [-0.3, -0.25) is 9.59 Å². The van der Waals surface area contributed by atoms with Crippen molar-refractivity contribution in [1.82, 2.24) is 10.3 Å². The number of rotatable bonds is 5. The lowest BCUT2D eigenvalue weighted by Crippen LogP contribution is -2.37. The highest BCUT2D eigenvalue weighted by Gasteiger charge is 2.20. The molecule has 0 spiro atoms. The molecule has 1 heterocycles. The fourth-order valence-corrected chi connectivity index (χ4v) is 2.90. The molecular formula is C21H24N4O4. The summed E-state index contributed by atoms with van der Waals surface area (Å²) < 4.78 is 11.0. The maximum absolute atomic E-state index is 12.4. The molecule has 0 fully saturated rings. The maximum atomic E-state index is 12.4. The van der Waals surface area contributed by atoms with E-state index in [1.807, 2.05) is 39.2 Å². The topological polar surface area (TPSA) is 96.7 Å². The molecule has 3 aromatic rings. The lowest BCUT2D eigenvalue weighted by atomic mass is 10.0. The van der Waals surface area contributed by atoms with Crippen molar-refractivity contribution < 1.29 is 18.7 Å². The van der Waals surface area contributed by atoms with E-state index < -0.39 is 17.9 Å². The molecule has 152 valence electrons. The standard InChI is InChI=1S/C21H24N4O4/c1-12-6-9-17(28-5)15(10-12)13(2)22-19(26)20(27)23-14-7-8-16-18(11-14)29-21(24-16)25(3)4/h6-11,13H,1-5H3,(H,22,26)(H,23,27)/t13-/m1/s1. The lowest BCUT2D eigenvalue weighted by Gasteiger charge is -2.17. The van der Waals surface area contributed by atoms with Crippen molar-refractivity contribution in [3.05, 3.63) is 47.5 Å². The van der Waals surface area contributed by atoms with E-state index in [1.165, 1.54) is 0 Å². The number of hydrogen-bond acceptors (Lipinski definition) is 6. The zero-order chi connectivity index (χ0) is 21.1. The number of amides is 2. The molecule has 29 heavy (non-hydrogen) atoms. The van der Waals surface area contributed by atoms with Gasteiger partial charge in [-0.25, -0.2) is 0 Å². The Balaban J connectivity index is 1.70. The highest BCUT2D eigenvalue weighted by molar-refractivity contribution is 6.39. The molecule has 1 atom stereocenters. The van der Waals surface area contributed by atoms with Gasteiger partial charge in [-0.1, -0.05) is 17.7 Å². The fraction of sp³-hybridized carbons (Fsp3) is 0.286. The number of aromatic nitrogens is 1. The Morgan fingerprint density at radius 1 is 1.14 bits per heavy atom. The van der Waals surface area contributed by atoms with E-state index >= 15 is 0 Å². The van der Waals surface area contributed by atoms with Crippen LogP contribution in [0.1, 0.15) is 24.1 Å². The van der Waals surface area contributed by atoms with E-state index in [9.17, 15) is 9.59 Å². The number of carbonyl (C=O) groups is 2. The summed E-state index contributed by atoms with van der Waals surface area (Å²) in [5.41, 5.74) is 3.46. The first-order valence-electron chi connectivity index (χ1n) is 9.12. The Labute approximate surface area is 168 Å². The molecule has 0 aliphatic heterocycles. The van der Waals surface area contributed by atoms with Gasteiger partial charge in [-0.05, 0) is 32.0 Å². The molecule has 2 amide bonds. The van der Waals surface area contributed by atoms with Crippen LogP contribution in [0.3, 0.4) is 0 Å². The van der Waals surface area contributed by atoms with Crippen LogP contribution in [-0.2, 0) is 9.59 Å². The predicted molar refractivity (Wildman–Crippen MR) is 111 cm³/mol. The molecule has 8 heteroatoms. The summed E-state index contributed by atoms with van der Waals surface area (Å²) in [6.07, 6.45) is 0.